The fourth-order valence-electron chi connectivity index (χ4n) is 1.24. The Labute approximate surface area is 103 Å². The summed E-state index contributed by atoms with van der Waals surface area (Å²) in [5.74, 6) is -0.482. The van der Waals surface area contributed by atoms with Crippen molar-refractivity contribution in [3.05, 3.63) is 33.9 Å². The summed E-state index contributed by atoms with van der Waals surface area (Å²) in [5, 5.41) is 21.8. The van der Waals surface area contributed by atoms with Crippen LogP contribution in [0.2, 0.25) is 0 Å². The monoisotopic (exact) mass is 249 g/mol. The van der Waals surface area contributed by atoms with E-state index in [0.29, 0.717) is 6.61 Å². The minimum Gasteiger partial charge on any atom is -0.372 e. The molecule has 1 aromatic carbocycles. The molecule has 0 unspecified atom stereocenters. The molecule has 1 aromatic rings. The zero-order valence-electron chi connectivity index (χ0n) is 9.67. The second kappa shape index (κ2) is 6.32. The maximum absolute atomic E-state index is 11.4. The number of benzene rings is 1. The van der Waals surface area contributed by atoms with Gasteiger partial charge in [0.1, 0.15) is 12.3 Å². The molecule has 1 N–H and O–H groups in total. The highest BCUT2D eigenvalue weighted by molar-refractivity contribution is 5.94. The summed E-state index contributed by atoms with van der Waals surface area (Å²) in [5.41, 5.74) is -0.118. The summed E-state index contributed by atoms with van der Waals surface area (Å²) in [6.07, 6.45) is 0. The molecule has 7 nitrogen and oxygen atoms in total. The van der Waals surface area contributed by atoms with Gasteiger partial charge in [0.2, 0.25) is 0 Å². The van der Waals surface area contributed by atoms with E-state index in [1.54, 1.807) is 13.0 Å². The number of rotatable bonds is 5. The maximum atomic E-state index is 11.4. The van der Waals surface area contributed by atoms with Gasteiger partial charge in [0.25, 0.3) is 11.6 Å². The number of hydrogen-bond donors (Lipinski definition) is 1. The average molecular weight is 249 g/mol. The molecule has 0 radical (unpaired) electrons. The number of hydrogen-bond acceptors (Lipinski definition) is 5. The van der Waals surface area contributed by atoms with Gasteiger partial charge in [-0.3, -0.25) is 14.9 Å². The first-order valence-electron chi connectivity index (χ1n) is 5.14. The van der Waals surface area contributed by atoms with Crippen molar-refractivity contribution >= 4 is 17.3 Å². The lowest BCUT2D eigenvalue weighted by molar-refractivity contribution is -0.383. The van der Waals surface area contributed by atoms with Crippen molar-refractivity contribution in [2.75, 3.05) is 18.5 Å². The number of nitrogens with one attached hydrogen (secondary N) is 1. The Bertz CT molecular complexity index is 508. The Morgan fingerprint density at radius 2 is 2.33 bits per heavy atom. The van der Waals surface area contributed by atoms with Gasteiger partial charge in [-0.1, -0.05) is 0 Å². The van der Waals surface area contributed by atoms with Crippen LogP contribution in [0.3, 0.4) is 0 Å². The highest BCUT2D eigenvalue weighted by Crippen LogP contribution is 2.25. The van der Waals surface area contributed by atoms with Gasteiger partial charge in [-0.25, -0.2) is 0 Å². The fourth-order valence-corrected chi connectivity index (χ4v) is 1.24. The second-order valence-corrected chi connectivity index (χ2v) is 3.29. The Hall–Kier alpha value is -2.46. The number of amides is 1. The van der Waals surface area contributed by atoms with Gasteiger partial charge in [-0.05, 0) is 19.1 Å². The van der Waals surface area contributed by atoms with E-state index in [9.17, 15) is 14.9 Å². The molecule has 0 atom stereocenters. The van der Waals surface area contributed by atoms with Crippen LogP contribution in [0, 0.1) is 21.4 Å². The van der Waals surface area contributed by atoms with E-state index in [-0.39, 0.29) is 23.5 Å². The molecule has 0 heterocycles. The topological polar surface area (TPSA) is 105 Å². The number of nitro groups is 1. The molecule has 0 bridgehead atoms. The third kappa shape index (κ3) is 3.54. The zero-order valence-corrected chi connectivity index (χ0v) is 9.67. The van der Waals surface area contributed by atoms with Crippen molar-refractivity contribution in [2.24, 2.45) is 0 Å². The van der Waals surface area contributed by atoms with E-state index >= 15 is 0 Å². The van der Waals surface area contributed by atoms with Crippen molar-refractivity contribution < 1.29 is 14.5 Å². The molecule has 0 aliphatic carbocycles. The molecular weight excluding hydrogens is 238 g/mol. The van der Waals surface area contributed by atoms with Crippen LogP contribution >= 0.6 is 0 Å². The van der Waals surface area contributed by atoms with Crippen molar-refractivity contribution in [1.82, 2.24) is 0 Å². The Morgan fingerprint density at radius 1 is 1.61 bits per heavy atom. The van der Waals surface area contributed by atoms with Gasteiger partial charge >= 0.3 is 0 Å². The third-order valence-electron chi connectivity index (χ3n) is 2.03. The standard InChI is InChI=1S/C11H11N3O4/c1-2-18-7-11(15)13-9-4-3-8(6-12)5-10(9)14(16)17/h3-5H,2,7H2,1H3,(H,13,15). The van der Waals surface area contributed by atoms with Gasteiger partial charge in [-0.2, -0.15) is 5.26 Å². The van der Waals surface area contributed by atoms with E-state index in [2.05, 4.69) is 5.32 Å². The van der Waals surface area contributed by atoms with Gasteiger partial charge in [0.15, 0.2) is 0 Å². The molecule has 18 heavy (non-hydrogen) atoms. The molecule has 0 saturated heterocycles. The predicted octanol–water partition coefficient (Wildman–Crippen LogP) is 1.44. The Morgan fingerprint density at radius 3 is 2.89 bits per heavy atom. The molecule has 0 aromatic heterocycles. The fraction of sp³-hybridized carbons (Fsp3) is 0.273. The predicted molar refractivity (Wildman–Crippen MR) is 62.9 cm³/mol. The molecule has 1 amide bonds. The molecule has 94 valence electrons. The van der Waals surface area contributed by atoms with Gasteiger partial charge in [0.05, 0.1) is 16.6 Å². The van der Waals surface area contributed by atoms with Crippen molar-refractivity contribution in [1.29, 1.82) is 5.26 Å². The molecule has 0 saturated carbocycles. The lowest BCUT2D eigenvalue weighted by Gasteiger charge is -2.06. The van der Waals surface area contributed by atoms with Gasteiger partial charge in [0, 0.05) is 12.7 Å². The van der Waals surface area contributed by atoms with E-state index < -0.39 is 10.8 Å². The summed E-state index contributed by atoms with van der Waals surface area (Å²) in [7, 11) is 0. The van der Waals surface area contributed by atoms with Crippen molar-refractivity contribution in [3.63, 3.8) is 0 Å². The number of nitrogens with zero attached hydrogens (tertiary/aromatic N) is 2. The molecule has 0 aliphatic rings. The van der Waals surface area contributed by atoms with Crippen LogP contribution in [0.5, 0.6) is 0 Å². The quantitative estimate of drug-likeness (QED) is 0.627. The number of nitriles is 1. The number of ether oxygens (including phenoxy) is 1. The molecular formula is C11H11N3O4. The maximum Gasteiger partial charge on any atom is 0.294 e. The SMILES string of the molecule is CCOCC(=O)Nc1ccc(C#N)cc1[N+](=O)[O-]. The minimum absolute atomic E-state index is 0.0451. The van der Waals surface area contributed by atoms with Crippen molar-refractivity contribution in [2.45, 2.75) is 6.92 Å². The Balaban J connectivity index is 2.92. The van der Waals surface area contributed by atoms with Crippen molar-refractivity contribution in [3.8, 4) is 6.07 Å². The van der Waals surface area contributed by atoms with E-state index in [1.165, 1.54) is 12.1 Å². The first-order valence-corrected chi connectivity index (χ1v) is 5.14. The van der Waals surface area contributed by atoms with Gasteiger partial charge in [-0.15, -0.1) is 0 Å². The van der Waals surface area contributed by atoms with Crippen LogP contribution in [0.4, 0.5) is 11.4 Å². The van der Waals surface area contributed by atoms with E-state index in [1.807, 2.05) is 0 Å². The van der Waals surface area contributed by atoms with Crippen LogP contribution in [-0.4, -0.2) is 24.0 Å². The molecule has 0 spiro atoms. The van der Waals surface area contributed by atoms with Crippen LogP contribution in [0.25, 0.3) is 0 Å². The highest BCUT2D eigenvalue weighted by Gasteiger charge is 2.16. The second-order valence-electron chi connectivity index (χ2n) is 3.29. The summed E-state index contributed by atoms with van der Waals surface area (Å²) >= 11 is 0. The normalized spacial score (nSPS) is 9.56. The number of nitro benzene ring substituents is 1. The van der Waals surface area contributed by atoms with E-state index in [4.69, 9.17) is 10.00 Å². The molecule has 0 fully saturated rings. The highest BCUT2D eigenvalue weighted by atomic mass is 16.6. The largest absolute Gasteiger partial charge is 0.372 e. The van der Waals surface area contributed by atoms with Crippen LogP contribution in [0.1, 0.15) is 12.5 Å². The molecule has 1 rings (SSSR count). The van der Waals surface area contributed by atoms with E-state index in [0.717, 1.165) is 6.07 Å². The average Bonchev–Trinajstić information content (AvgIpc) is 2.36. The molecule has 0 aliphatic heterocycles. The lowest BCUT2D eigenvalue weighted by Crippen LogP contribution is -2.18. The summed E-state index contributed by atoms with van der Waals surface area (Å²) in [6, 6.07) is 5.61. The smallest absolute Gasteiger partial charge is 0.294 e. The minimum atomic E-state index is -0.656. The number of anilines is 1. The summed E-state index contributed by atoms with van der Waals surface area (Å²) in [4.78, 5) is 21.5. The summed E-state index contributed by atoms with van der Waals surface area (Å²) in [6.45, 7) is 1.94. The number of carbonyl (C=O) groups is 1. The first-order chi connectivity index (χ1) is 8.58. The summed E-state index contributed by atoms with van der Waals surface area (Å²) < 4.78 is 4.88. The van der Waals surface area contributed by atoms with Crippen LogP contribution < -0.4 is 5.32 Å². The number of carbonyl (C=O) groups excluding carboxylic acids is 1. The van der Waals surface area contributed by atoms with Crippen LogP contribution in [-0.2, 0) is 9.53 Å². The van der Waals surface area contributed by atoms with Crippen LogP contribution in [0.15, 0.2) is 18.2 Å². The molecule has 7 heteroatoms. The van der Waals surface area contributed by atoms with Gasteiger partial charge < -0.3 is 10.1 Å². The zero-order chi connectivity index (χ0) is 13.5. The first kappa shape index (κ1) is 13.6. The lowest BCUT2D eigenvalue weighted by atomic mass is 10.2. The third-order valence-corrected chi connectivity index (χ3v) is 2.03. The Kier molecular flexibility index (Phi) is 4.78.